The van der Waals surface area contributed by atoms with Crippen LogP contribution in [0.5, 0.6) is 0 Å². The van der Waals surface area contributed by atoms with Gasteiger partial charge in [-0.05, 0) is 79.2 Å². The van der Waals surface area contributed by atoms with Crippen LogP contribution in [0.15, 0.2) is 176 Å². The van der Waals surface area contributed by atoms with Crippen LogP contribution < -0.4 is 4.90 Å². The summed E-state index contributed by atoms with van der Waals surface area (Å²) in [6.45, 7) is 0. The molecule has 10 rings (SSSR count). The fourth-order valence-corrected chi connectivity index (χ4v) is 8.86. The number of hydrogen-bond acceptors (Lipinski definition) is 2. The third-order valence-electron chi connectivity index (χ3n) is 9.84. The second kappa shape index (κ2) is 10.8. The molecule has 0 unspecified atom stereocenters. The maximum absolute atomic E-state index is 2.48. The standard InChI is InChI=1S/C46H29NS/c1-2-10-30(11-3-1)31-20-24-34(25-21-31)47(43-18-9-19-44-45(43)41-27-23-33-13-5-7-15-36(33)46(41)48-44)42-17-8-16-37-39-26-22-32-12-4-6-14-35(32)38(39)28-29-40(37)42/h1-29H. The van der Waals surface area contributed by atoms with E-state index < -0.39 is 0 Å². The van der Waals surface area contributed by atoms with Crippen LogP contribution in [-0.4, -0.2) is 0 Å². The molecule has 0 saturated heterocycles. The summed E-state index contributed by atoms with van der Waals surface area (Å²) in [6.07, 6.45) is 0. The van der Waals surface area contributed by atoms with Crippen LogP contribution in [0.25, 0.3) is 74.4 Å². The topological polar surface area (TPSA) is 3.24 Å². The molecule has 1 aromatic heterocycles. The van der Waals surface area contributed by atoms with Gasteiger partial charge in [0.15, 0.2) is 0 Å². The SMILES string of the molecule is c1ccc(-c2ccc(N(c3cccc4c3ccc3c5ccccc5ccc43)c3cccc4sc5c6ccccc6ccc5c34)cc2)cc1. The minimum Gasteiger partial charge on any atom is -0.309 e. The molecule has 0 atom stereocenters. The predicted molar refractivity (Wildman–Crippen MR) is 209 cm³/mol. The average molecular weight is 628 g/mol. The van der Waals surface area contributed by atoms with Crippen molar-refractivity contribution >= 4 is 91.7 Å². The molecule has 0 bridgehead atoms. The van der Waals surface area contributed by atoms with Gasteiger partial charge in [-0.1, -0.05) is 146 Å². The highest BCUT2D eigenvalue weighted by Crippen LogP contribution is 2.48. The van der Waals surface area contributed by atoms with Gasteiger partial charge in [0.2, 0.25) is 0 Å². The fourth-order valence-electron chi connectivity index (χ4n) is 7.60. The van der Waals surface area contributed by atoms with E-state index in [1.807, 2.05) is 11.3 Å². The highest BCUT2D eigenvalue weighted by atomic mass is 32.1. The van der Waals surface area contributed by atoms with Gasteiger partial charge in [-0.3, -0.25) is 0 Å². The van der Waals surface area contributed by atoms with Crippen LogP contribution in [0, 0.1) is 0 Å². The van der Waals surface area contributed by atoms with Crippen LogP contribution in [0.3, 0.4) is 0 Å². The Balaban J connectivity index is 1.26. The molecule has 0 amide bonds. The van der Waals surface area contributed by atoms with E-state index in [4.69, 9.17) is 0 Å². The molecule has 1 heterocycles. The van der Waals surface area contributed by atoms with E-state index in [9.17, 15) is 0 Å². The lowest BCUT2D eigenvalue weighted by Gasteiger charge is -2.28. The third-order valence-corrected chi connectivity index (χ3v) is 11.0. The molecule has 2 heteroatoms. The molecule has 1 nitrogen and oxygen atoms in total. The largest absolute Gasteiger partial charge is 0.309 e. The van der Waals surface area contributed by atoms with Gasteiger partial charge >= 0.3 is 0 Å². The highest BCUT2D eigenvalue weighted by molar-refractivity contribution is 7.26. The zero-order chi connectivity index (χ0) is 31.6. The number of hydrogen-bond donors (Lipinski definition) is 0. The Kier molecular flexibility index (Phi) is 6.12. The summed E-state index contributed by atoms with van der Waals surface area (Å²) >= 11 is 1.89. The molecule has 48 heavy (non-hydrogen) atoms. The third kappa shape index (κ3) is 4.17. The van der Waals surface area contributed by atoms with E-state index >= 15 is 0 Å². The molecule has 9 aromatic carbocycles. The highest BCUT2D eigenvalue weighted by Gasteiger charge is 2.21. The van der Waals surface area contributed by atoms with Crippen LogP contribution in [-0.2, 0) is 0 Å². The van der Waals surface area contributed by atoms with Crippen LogP contribution >= 0.6 is 11.3 Å². The van der Waals surface area contributed by atoms with Gasteiger partial charge in [-0.25, -0.2) is 0 Å². The molecule has 0 spiro atoms. The van der Waals surface area contributed by atoms with E-state index in [0.29, 0.717) is 0 Å². The van der Waals surface area contributed by atoms with Crippen molar-refractivity contribution in [1.82, 2.24) is 0 Å². The zero-order valence-electron chi connectivity index (χ0n) is 26.1. The molecule has 224 valence electrons. The first-order valence-corrected chi connectivity index (χ1v) is 17.3. The van der Waals surface area contributed by atoms with Gasteiger partial charge in [-0.15, -0.1) is 11.3 Å². The van der Waals surface area contributed by atoms with Crippen molar-refractivity contribution in [1.29, 1.82) is 0 Å². The van der Waals surface area contributed by atoms with Gasteiger partial charge in [0.1, 0.15) is 0 Å². The average Bonchev–Trinajstić information content (AvgIpc) is 3.55. The number of nitrogens with zero attached hydrogens (tertiary/aromatic N) is 1. The van der Waals surface area contributed by atoms with Crippen LogP contribution in [0.2, 0.25) is 0 Å². The summed E-state index contributed by atoms with van der Waals surface area (Å²) < 4.78 is 2.63. The molecule has 0 N–H and O–H groups in total. The minimum absolute atomic E-state index is 1.13. The van der Waals surface area contributed by atoms with Crippen LogP contribution in [0.1, 0.15) is 0 Å². The molecule has 0 fully saturated rings. The minimum atomic E-state index is 1.13. The summed E-state index contributed by atoms with van der Waals surface area (Å²) in [7, 11) is 0. The Bertz CT molecular complexity index is 2830. The predicted octanol–water partition coefficient (Wildman–Crippen LogP) is 13.8. The van der Waals surface area contributed by atoms with Crippen molar-refractivity contribution in [2.75, 3.05) is 4.90 Å². The first-order valence-electron chi connectivity index (χ1n) is 16.4. The molecule has 0 aliphatic carbocycles. The molecular formula is C46H29NS. The van der Waals surface area contributed by atoms with Gasteiger partial charge < -0.3 is 4.90 Å². The van der Waals surface area contributed by atoms with Gasteiger partial charge in [-0.2, -0.15) is 0 Å². The van der Waals surface area contributed by atoms with Crippen molar-refractivity contribution in [2.24, 2.45) is 0 Å². The molecular weight excluding hydrogens is 599 g/mol. The van der Waals surface area contributed by atoms with Crippen LogP contribution in [0.4, 0.5) is 17.1 Å². The van der Waals surface area contributed by atoms with Crippen molar-refractivity contribution in [3.63, 3.8) is 0 Å². The summed E-state index contributed by atoms with van der Waals surface area (Å²) in [6, 6.07) is 64.5. The second-order valence-corrected chi connectivity index (χ2v) is 13.5. The van der Waals surface area contributed by atoms with Crippen molar-refractivity contribution < 1.29 is 0 Å². The number of rotatable bonds is 4. The number of anilines is 3. The first-order chi connectivity index (χ1) is 23.8. The number of benzene rings is 9. The maximum atomic E-state index is 2.48. The smallest absolute Gasteiger partial charge is 0.0555 e. The quantitative estimate of drug-likeness (QED) is 0.176. The van der Waals surface area contributed by atoms with E-state index in [1.54, 1.807) is 0 Å². The zero-order valence-corrected chi connectivity index (χ0v) is 26.9. The number of fused-ring (bicyclic) bond motifs is 10. The lowest BCUT2D eigenvalue weighted by Crippen LogP contribution is -2.11. The van der Waals surface area contributed by atoms with Crippen molar-refractivity contribution in [3.05, 3.63) is 176 Å². The Labute approximate surface area is 282 Å². The summed E-state index contributed by atoms with van der Waals surface area (Å²) in [5.74, 6) is 0. The Morgan fingerprint density at radius 2 is 0.896 bits per heavy atom. The van der Waals surface area contributed by atoms with Crippen molar-refractivity contribution in [3.8, 4) is 11.1 Å². The van der Waals surface area contributed by atoms with E-state index in [-0.39, 0.29) is 0 Å². The van der Waals surface area contributed by atoms with E-state index in [0.717, 1.165) is 5.69 Å². The molecule has 0 saturated carbocycles. The summed E-state index contributed by atoms with van der Waals surface area (Å²) in [5.41, 5.74) is 5.92. The molecule has 10 aromatic rings. The Morgan fingerprint density at radius 3 is 1.73 bits per heavy atom. The molecule has 0 radical (unpaired) electrons. The monoisotopic (exact) mass is 627 g/mol. The maximum Gasteiger partial charge on any atom is 0.0555 e. The normalized spacial score (nSPS) is 11.8. The summed E-state index contributed by atoms with van der Waals surface area (Å²) in [4.78, 5) is 2.48. The fraction of sp³-hybridized carbons (Fsp3) is 0. The van der Waals surface area contributed by atoms with E-state index in [2.05, 4.69) is 181 Å². The molecule has 0 aliphatic rings. The molecule has 0 aliphatic heterocycles. The Morgan fingerprint density at radius 1 is 0.333 bits per heavy atom. The van der Waals surface area contributed by atoms with Gasteiger partial charge in [0.05, 0.1) is 11.4 Å². The first kappa shape index (κ1) is 27.2. The van der Waals surface area contributed by atoms with E-state index in [1.165, 1.54) is 85.8 Å². The van der Waals surface area contributed by atoms with Crippen molar-refractivity contribution in [2.45, 2.75) is 0 Å². The lowest BCUT2D eigenvalue weighted by atomic mass is 9.95. The summed E-state index contributed by atoms with van der Waals surface area (Å²) in [5, 5.41) is 12.8. The Hall–Kier alpha value is -5.96. The lowest BCUT2D eigenvalue weighted by molar-refractivity contribution is 1.32. The van der Waals surface area contributed by atoms with Gasteiger partial charge in [0.25, 0.3) is 0 Å². The second-order valence-electron chi connectivity index (χ2n) is 12.5. The van der Waals surface area contributed by atoms with Gasteiger partial charge in [0, 0.05) is 31.2 Å². The number of thiophene rings is 1.